The van der Waals surface area contributed by atoms with Crippen LogP contribution in [0.2, 0.25) is 0 Å². The van der Waals surface area contributed by atoms with Gasteiger partial charge in [-0.05, 0) is 30.2 Å². The van der Waals surface area contributed by atoms with Gasteiger partial charge in [-0.2, -0.15) is 13.2 Å². The van der Waals surface area contributed by atoms with E-state index in [0.29, 0.717) is 5.56 Å². The van der Waals surface area contributed by atoms with Gasteiger partial charge in [-0.1, -0.05) is 42.5 Å². The molecule has 0 bridgehead atoms. The molecule has 2 atom stereocenters. The van der Waals surface area contributed by atoms with Crippen LogP contribution in [0.1, 0.15) is 28.8 Å². The maximum atomic E-state index is 14.9. The van der Waals surface area contributed by atoms with Crippen molar-refractivity contribution in [1.82, 2.24) is 0 Å². The number of rotatable bonds is 8. The number of thiocarbonyl (C=S) groups is 1. The Morgan fingerprint density at radius 3 is 2.52 bits per heavy atom. The van der Waals surface area contributed by atoms with E-state index in [4.69, 9.17) is 17.0 Å². The summed E-state index contributed by atoms with van der Waals surface area (Å²) in [4.78, 5) is 24.2. The fraction of sp³-hybridized carbons (Fsp3) is 0.348. The van der Waals surface area contributed by atoms with E-state index in [2.05, 4.69) is 0 Å². The molecule has 2 N–H and O–H groups in total. The van der Waals surface area contributed by atoms with E-state index in [1.165, 1.54) is 0 Å². The van der Waals surface area contributed by atoms with Crippen molar-refractivity contribution < 1.29 is 37.0 Å². The fourth-order valence-electron chi connectivity index (χ4n) is 3.98. The third kappa shape index (κ3) is 5.63. The van der Waals surface area contributed by atoms with Crippen LogP contribution in [0, 0.1) is 11.7 Å². The fourth-order valence-corrected chi connectivity index (χ4v) is 4.37. The predicted octanol–water partition coefficient (Wildman–Crippen LogP) is 4.24. The summed E-state index contributed by atoms with van der Waals surface area (Å²) in [6, 6.07) is 11.5. The summed E-state index contributed by atoms with van der Waals surface area (Å²) in [6.45, 7) is -0.385. The summed E-state index contributed by atoms with van der Waals surface area (Å²) in [5.74, 6) is -3.80. The number of aliphatic hydroxyl groups is 1. The molecule has 1 heterocycles. The van der Waals surface area contributed by atoms with Gasteiger partial charge in [-0.3, -0.25) is 9.59 Å². The zero-order valence-corrected chi connectivity index (χ0v) is 18.1. The van der Waals surface area contributed by atoms with Crippen LogP contribution in [0.4, 0.5) is 23.2 Å². The average Bonchev–Trinajstić information content (AvgIpc) is 3.18. The average molecular weight is 483 g/mol. The van der Waals surface area contributed by atoms with Gasteiger partial charge in [0.15, 0.2) is 5.78 Å². The van der Waals surface area contributed by atoms with E-state index >= 15 is 0 Å². The quantitative estimate of drug-likeness (QED) is 0.334. The molecule has 5 nitrogen and oxygen atoms in total. The van der Waals surface area contributed by atoms with Gasteiger partial charge in [-0.15, -0.1) is 0 Å². The van der Waals surface area contributed by atoms with Crippen molar-refractivity contribution in [3.63, 3.8) is 0 Å². The van der Waals surface area contributed by atoms with Gasteiger partial charge in [0.05, 0.1) is 13.2 Å². The van der Waals surface area contributed by atoms with Gasteiger partial charge in [0.1, 0.15) is 5.82 Å². The number of aliphatic hydroxyl groups excluding tert-OH is 1. The standard InChI is InChI=1S/C23H21F4NO4S/c24-19-7-6-16(28-21(31)23(25,26)27)8-18(19)22(13-32-12-15(22)11-29)10-17(33)9-20(30)14-4-2-1-3-5-14/h1-8,15,29H,9-13H2,(H,28,31). The molecule has 176 valence electrons. The highest BCUT2D eigenvalue weighted by Gasteiger charge is 2.47. The first-order valence-electron chi connectivity index (χ1n) is 10.0. The first kappa shape index (κ1) is 24.9. The Morgan fingerprint density at radius 2 is 1.88 bits per heavy atom. The molecule has 1 amide bonds. The number of nitrogens with one attached hydrogen (secondary N) is 1. The molecule has 2 unspecified atom stereocenters. The summed E-state index contributed by atoms with van der Waals surface area (Å²) >= 11 is 5.44. The van der Waals surface area contributed by atoms with E-state index in [-0.39, 0.29) is 48.0 Å². The van der Waals surface area contributed by atoms with E-state index < -0.39 is 35.8 Å². The molecule has 2 aromatic rings. The highest BCUT2D eigenvalue weighted by molar-refractivity contribution is 7.80. The first-order valence-corrected chi connectivity index (χ1v) is 10.4. The van der Waals surface area contributed by atoms with E-state index in [9.17, 15) is 32.3 Å². The first-order chi connectivity index (χ1) is 15.6. The van der Waals surface area contributed by atoms with Gasteiger partial charge < -0.3 is 15.2 Å². The molecule has 3 rings (SSSR count). The third-order valence-corrected chi connectivity index (χ3v) is 5.95. The lowest BCUT2D eigenvalue weighted by Crippen LogP contribution is -2.40. The second kappa shape index (κ2) is 10.1. The van der Waals surface area contributed by atoms with Crippen LogP contribution in [0.15, 0.2) is 48.5 Å². The molecule has 2 aromatic carbocycles. The molecule has 1 aliphatic heterocycles. The van der Waals surface area contributed by atoms with E-state index in [0.717, 1.165) is 18.2 Å². The number of hydrogen-bond donors (Lipinski definition) is 2. The second-order valence-electron chi connectivity index (χ2n) is 7.88. The van der Waals surface area contributed by atoms with Gasteiger partial charge >= 0.3 is 12.1 Å². The van der Waals surface area contributed by atoms with Crippen LogP contribution in [0.25, 0.3) is 0 Å². The van der Waals surface area contributed by atoms with Gasteiger partial charge in [0, 0.05) is 40.5 Å². The van der Waals surface area contributed by atoms with E-state index in [1.54, 1.807) is 35.6 Å². The number of amides is 1. The predicted molar refractivity (Wildman–Crippen MR) is 117 cm³/mol. The van der Waals surface area contributed by atoms with E-state index in [1.807, 2.05) is 0 Å². The van der Waals surface area contributed by atoms with Crippen molar-refractivity contribution in [2.75, 3.05) is 25.1 Å². The highest BCUT2D eigenvalue weighted by atomic mass is 32.1. The molecule has 0 aromatic heterocycles. The van der Waals surface area contributed by atoms with Gasteiger partial charge in [0.2, 0.25) is 0 Å². The number of benzene rings is 2. The molecule has 10 heteroatoms. The van der Waals surface area contributed by atoms with Crippen LogP contribution < -0.4 is 5.32 Å². The number of carbonyl (C=O) groups excluding carboxylic acids is 2. The Morgan fingerprint density at radius 1 is 1.18 bits per heavy atom. The number of hydrogen-bond acceptors (Lipinski definition) is 5. The SMILES string of the molecule is O=C(CC(=S)CC1(c2cc(NC(=O)C(F)(F)F)ccc2F)COCC1CO)c1ccccc1. The second-order valence-corrected chi connectivity index (χ2v) is 8.46. The Hall–Kier alpha value is -2.69. The molecule has 0 spiro atoms. The Balaban J connectivity index is 1.91. The number of alkyl halides is 3. The van der Waals surface area contributed by atoms with Crippen molar-refractivity contribution in [3.05, 3.63) is 65.5 Å². The highest BCUT2D eigenvalue weighted by Crippen LogP contribution is 2.43. The third-order valence-electron chi connectivity index (χ3n) is 5.66. The van der Waals surface area contributed by atoms with Crippen LogP contribution in [-0.2, 0) is 14.9 Å². The molecule has 1 aliphatic rings. The smallest absolute Gasteiger partial charge is 0.396 e. The lowest BCUT2D eigenvalue weighted by Gasteiger charge is -2.34. The van der Waals surface area contributed by atoms with Crippen molar-refractivity contribution in [3.8, 4) is 0 Å². The monoisotopic (exact) mass is 483 g/mol. The molecule has 0 aliphatic carbocycles. The van der Waals surface area contributed by atoms with Gasteiger partial charge in [-0.25, -0.2) is 4.39 Å². The largest absolute Gasteiger partial charge is 0.471 e. The van der Waals surface area contributed by atoms with Crippen LogP contribution in [0.3, 0.4) is 0 Å². The molecule has 1 fully saturated rings. The summed E-state index contributed by atoms with van der Waals surface area (Å²) < 4.78 is 58.4. The molecular formula is C23H21F4NO4S. The topological polar surface area (TPSA) is 75.6 Å². The number of anilines is 1. The maximum absolute atomic E-state index is 14.9. The van der Waals surface area contributed by atoms with Crippen molar-refractivity contribution in [2.24, 2.45) is 5.92 Å². The zero-order chi connectivity index (χ0) is 24.2. The summed E-state index contributed by atoms with van der Waals surface area (Å²) in [5.41, 5.74) is -1.07. The number of carbonyl (C=O) groups is 2. The Bertz CT molecular complexity index is 1040. The summed E-state index contributed by atoms with van der Waals surface area (Å²) in [7, 11) is 0. The Labute approximate surface area is 192 Å². The number of Topliss-reactive ketones (excluding diaryl/α,β-unsaturated/α-hetero) is 1. The van der Waals surface area contributed by atoms with Crippen molar-refractivity contribution in [2.45, 2.75) is 24.4 Å². The van der Waals surface area contributed by atoms with Crippen molar-refractivity contribution in [1.29, 1.82) is 0 Å². The molecular weight excluding hydrogens is 462 g/mol. The Kier molecular flexibility index (Phi) is 7.61. The minimum atomic E-state index is -5.12. The van der Waals surface area contributed by atoms with Gasteiger partial charge in [0.25, 0.3) is 0 Å². The lowest BCUT2D eigenvalue weighted by molar-refractivity contribution is -0.167. The number of halogens is 4. The number of ether oxygens (including phenoxy) is 1. The molecule has 0 saturated carbocycles. The van der Waals surface area contributed by atoms with Crippen LogP contribution in [0.5, 0.6) is 0 Å². The molecule has 33 heavy (non-hydrogen) atoms. The molecule has 0 radical (unpaired) electrons. The lowest BCUT2D eigenvalue weighted by atomic mass is 9.69. The number of ketones is 1. The minimum absolute atomic E-state index is 0.0142. The summed E-state index contributed by atoms with van der Waals surface area (Å²) in [6.07, 6.45) is -5.24. The van der Waals surface area contributed by atoms with Crippen LogP contribution in [-0.4, -0.2) is 47.7 Å². The maximum Gasteiger partial charge on any atom is 0.471 e. The zero-order valence-electron chi connectivity index (χ0n) is 17.3. The minimum Gasteiger partial charge on any atom is -0.396 e. The summed E-state index contributed by atoms with van der Waals surface area (Å²) in [5, 5.41) is 11.6. The van der Waals surface area contributed by atoms with Crippen LogP contribution >= 0.6 is 12.2 Å². The normalized spacial score (nSPS) is 20.5. The van der Waals surface area contributed by atoms with Crippen molar-refractivity contribution >= 4 is 34.5 Å². The molecule has 1 saturated heterocycles.